The quantitative estimate of drug-likeness (QED) is 0.666. The lowest BCUT2D eigenvalue weighted by molar-refractivity contribution is 0.548. The van der Waals surface area contributed by atoms with Gasteiger partial charge in [-0.3, -0.25) is 11.3 Å². The van der Waals surface area contributed by atoms with E-state index in [0.717, 1.165) is 16.5 Å². The average Bonchev–Trinajstić information content (AvgIpc) is 2.41. The van der Waals surface area contributed by atoms with Gasteiger partial charge in [0.2, 0.25) is 0 Å². The highest BCUT2D eigenvalue weighted by Crippen LogP contribution is 2.21. The topological polar surface area (TPSA) is 38.0 Å². The van der Waals surface area contributed by atoms with Crippen LogP contribution in [0.2, 0.25) is 0 Å². The van der Waals surface area contributed by atoms with E-state index in [-0.39, 0.29) is 11.9 Å². The molecule has 19 heavy (non-hydrogen) atoms. The van der Waals surface area contributed by atoms with Crippen molar-refractivity contribution in [1.29, 1.82) is 0 Å². The Balaban J connectivity index is 2.19. The maximum absolute atomic E-state index is 13.3. The SMILES string of the molecule is Cc1cc(C(Cc2ccc(Br)cc2)NN)ccc1F. The second kappa shape index (κ2) is 6.28. The van der Waals surface area contributed by atoms with Crippen molar-refractivity contribution in [3.05, 3.63) is 69.4 Å². The first-order chi connectivity index (χ1) is 9.10. The van der Waals surface area contributed by atoms with Crippen molar-refractivity contribution in [3.63, 3.8) is 0 Å². The molecule has 2 nitrogen and oxygen atoms in total. The fourth-order valence-corrected chi connectivity index (χ4v) is 2.28. The molecule has 1 atom stereocenters. The summed E-state index contributed by atoms with van der Waals surface area (Å²) >= 11 is 3.41. The van der Waals surface area contributed by atoms with Crippen LogP contribution in [0.3, 0.4) is 0 Å². The minimum absolute atomic E-state index is 0.0273. The number of nitrogens with one attached hydrogen (secondary N) is 1. The first-order valence-electron chi connectivity index (χ1n) is 6.07. The molecule has 0 aliphatic rings. The van der Waals surface area contributed by atoms with Crippen LogP contribution in [0.5, 0.6) is 0 Å². The van der Waals surface area contributed by atoms with E-state index in [1.807, 2.05) is 30.3 Å². The highest BCUT2D eigenvalue weighted by molar-refractivity contribution is 9.10. The molecule has 0 spiro atoms. The summed E-state index contributed by atoms with van der Waals surface area (Å²) in [5, 5.41) is 0. The van der Waals surface area contributed by atoms with Gasteiger partial charge in [0.25, 0.3) is 0 Å². The molecule has 2 rings (SSSR count). The number of aryl methyl sites for hydroxylation is 1. The summed E-state index contributed by atoms with van der Waals surface area (Å²) < 4.78 is 14.3. The molecule has 1 unspecified atom stereocenters. The molecule has 0 heterocycles. The van der Waals surface area contributed by atoms with E-state index < -0.39 is 0 Å². The predicted molar refractivity (Wildman–Crippen MR) is 79.0 cm³/mol. The lowest BCUT2D eigenvalue weighted by Crippen LogP contribution is -2.29. The maximum Gasteiger partial charge on any atom is 0.126 e. The summed E-state index contributed by atoms with van der Waals surface area (Å²) in [6, 6.07) is 13.1. The van der Waals surface area contributed by atoms with Gasteiger partial charge in [-0.15, -0.1) is 0 Å². The van der Waals surface area contributed by atoms with Crippen LogP contribution >= 0.6 is 15.9 Å². The Kier molecular flexibility index (Phi) is 4.69. The smallest absolute Gasteiger partial charge is 0.126 e. The zero-order chi connectivity index (χ0) is 13.8. The van der Waals surface area contributed by atoms with Crippen LogP contribution in [-0.2, 0) is 6.42 Å². The molecular weight excluding hydrogens is 307 g/mol. The van der Waals surface area contributed by atoms with E-state index in [2.05, 4.69) is 21.4 Å². The Bertz CT molecular complexity index is 555. The van der Waals surface area contributed by atoms with Gasteiger partial charge in [0.1, 0.15) is 5.82 Å². The molecule has 0 amide bonds. The second-order valence-electron chi connectivity index (χ2n) is 4.56. The summed E-state index contributed by atoms with van der Waals surface area (Å²) in [4.78, 5) is 0. The summed E-state index contributed by atoms with van der Waals surface area (Å²) in [5.74, 6) is 5.43. The fraction of sp³-hybridized carbons (Fsp3) is 0.200. The lowest BCUT2D eigenvalue weighted by Gasteiger charge is -2.17. The van der Waals surface area contributed by atoms with Gasteiger partial charge in [-0.05, 0) is 48.2 Å². The van der Waals surface area contributed by atoms with E-state index in [1.165, 1.54) is 11.6 Å². The van der Waals surface area contributed by atoms with Crippen LogP contribution in [0.4, 0.5) is 4.39 Å². The molecule has 3 N–H and O–H groups in total. The van der Waals surface area contributed by atoms with Crippen LogP contribution in [0, 0.1) is 12.7 Å². The van der Waals surface area contributed by atoms with Crippen molar-refractivity contribution in [1.82, 2.24) is 5.43 Å². The summed E-state index contributed by atoms with van der Waals surface area (Å²) in [6.45, 7) is 1.76. The van der Waals surface area contributed by atoms with E-state index in [0.29, 0.717) is 5.56 Å². The lowest BCUT2D eigenvalue weighted by atomic mass is 9.98. The largest absolute Gasteiger partial charge is 0.271 e. The molecule has 0 saturated heterocycles. The van der Waals surface area contributed by atoms with Crippen LogP contribution < -0.4 is 11.3 Å². The molecule has 0 aromatic heterocycles. The predicted octanol–water partition coefficient (Wildman–Crippen LogP) is 3.64. The van der Waals surface area contributed by atoms with Gasteiger partial charge in [0, 0.05) is 10.5 Å². The molecule has 0 saturated carbocycles. The number of nitrogens with two attached hydrogens (primary N) is 1. The molecule has 0 fully saturated rings. The van der Waals surface area contributed by atoms with Crippen molar-refractivity contribution in [2.75, 3.05) is 0 Å². The Morgan fingerprint density at radius 2 is 1.89 bits per heavy atom. The van der Waals surface area contributed by atoms with E-state index in [9.17, 15) is 4.39 Å². The van der Waals surface area contributed by atoms with E-state index in [1.54, 1.807) is 13.0 Å². The Morgan fingerprint density at radius 3 is 2.47 bits per heavy atom. The summed E-state index contributed by atoms with van der Waals surface area (Å²) in [6.07, 6.45) is 0.759. The number of halogens is 2. The molecule has 4 heteroatoms. The van der Waals surface area contributed by atoms with Gasteiger partial charge < -0.3 is 0 Å². The Morgan fingerprint density at radius 1 is 1.21 bits per heavy atom. The number of hydrogen-bond donors (Lipinski definition) is 2. The van der Waals surface area contributed by atoms with E-state index >= 15 is 0 Å². The van der Waals surface area contributed by atoms with Crippen LogP contribution in [0.1, 0.15) is 22.7 Å². The van der Waals surface area contributed by atoms with Crippen LogP contribution in [0.25, 0.3) is 0 Å². The van der Waals surface area contributed by atoms with Crippen molar-refractivity contribution in [3.8, 4) is 0 Å². The zero-order valence-electron chi connectivity index (χ0n) is 10.7. The molecular formula is C15H16BrFN2. The van der Waals surface area contributed by atoms with Crippen molar-refractivity contribution < 1.29 is 4.39 Å². The minimum atomic E-state index is -0.192. The maximum atomic E-state index is 13.3. The minimum Gasteiger partial charge on any atom is -0.271 e. The van der Waals surface area contributed by atoms with Gasteiger partial charge in [-0.25, -0.2) is 4.39 Å². The molecule has 0 aliphatic carbocycles. The van der Waals surface area contributed by atoms with Gasteiger partial charge in [-0.1, -0.05) is 40.2 Å². The second-order valence-corrected chi connectivity index (χ2v) is 5.47. The highest BCUT2D eigenvalue weighted by atomic mass is 79.9. The van der Waals surface area contributed by atoms with E-state index in [4.69, 9.17) is 5.84 Å². The fourth-order valence-electron chi connectivity index (χ4n) is 2.01. The standard InChI is InChI=1S/C15H16BrFN2/c1-10-8-12(4-7-14(10)17)15(19-18)9-11-2-5-13(16)6-3-11/h2-8,15,19H,9,18H2,1H3. The monoisotopic (exact) mass is 322 g/mol. The number of hydrazine groups is 1. The number of benzene rings is 2. The average molecular weight is 323 g/mol. The molecule has 2 aromatic carbocycles. The first kappa shape index (κ1) is 14.2. The molecule has 2 aromatic rings. The normalized spacial score (nSPS) is 12.4. The Labute approximate surface area is 120 Å². The van der Waals surface area contributed by atoms with Crippen molar-refractivity contribution in [2.45, 2.75) is 19.4 Å². The van der Waals surface area contributed by atoms with Crippen molar-refractivity contribution >= 4 is 15.9 Å². The molecule has 0 bridgehead atoms. The molecule has 0 aliphatic heterocycles. The number of rotatable bonds is 4. The van der Waals surface area contributed by atoms with Gasteiger partial charge in [0.15, 0.2) is 0 Å². The molecule has 0 radical (unpaired) electrons. The third-order valence-electron chi connectivity index (χ3n) is 3.14. The number of hydrogen-bond acceptors (Lipinski definition) is 2. The Hall–Kier alpha value is -1.23. The molecule has 100 valence electrons. The van der Waals surface area contributed by atoms with Gasteiger partial charge in [0.05, 0.1) is 0 Å². The first-order valence-corrected chi connectivity index (χ1v) is 6.86. The van der Waals surface area contributed by atoms with Gasteiger partial charge >= 0.3 is 0 Å². The van der Waals surface area contributed by atoms with Crippen LogP contribution in [0.15, 0.2) is 46.9 Å². The summed E-state index contributed by atoms with van der Waals surface area (Å²) in [7, 11) is 0. The third-order valence-corrected chi connectivity index (χ3v) is 3.67. The third kappa shape index (κ3) is 3.62. The summed E-state index contributed by atoms with van der Waals surface area (Å²) in [5.41, 5.74) is 5.59. The van der Waals surface area contributed by atoms with Crippen LogP contribution in [-0.4, -0.2) is 0 Å². The van der Waals surface area contributed by atoms with Gasteiger partial charge in [-0.2, -0.15) is 0 Å². The highest BCUT2D eigenvalue weighted by Gasteiger charge is 2.12. The zero-order valence-corrected chi connectivity index (χ0v) is 12.2. The van der Waals surface area contributed by atoms with Crippen molar-refractivity contribution in [2.24, 2.45) is 5.84 Å².